The van der Waals surface area contributed by atoms with Gasteiger partial charge in [0.05, 0.1) is 11.8 Å². The number of amides is 1. The Bertz CT molecular complexity index is 761. The van der Waals surface area contributed by atoms with Crippen LogP contribution in [0.1, 0.15) is 29.0 Å². The Morgan fingerprint density at radius 2 is 1.92 bits per heavy atom. The summed E-state index contributed by atoms with van der Waals surface area (Å²) in [4.78, 5) is 25.7. The number of piperidine rings is 1. The molecule has 2 heterocycles. The summed E-state index contributed by atoms with van der Waals surface area (Å²) < 4.78 is 24.2. The second-order valence-corrected chi connectivity index (χ2v) is 5.76. The summed E-state index contributed by atoms with van der Waals surface area (Å²) in [5, 5.41) is 0. The molecular formula is C19H18FNO4. The average Bonchev–Trinajstić information content (AvgIpc) is 3.14. The molecule has 0 bridgehead atoms. The molecule has 6 heteroatoms. The molecule has 1 fully saturated rings. The summed E-state index contributed by atoms with van der Waals surface area (Å²) in [6.07, 6.45) is 5.18. The van der Waals surface area contributed by atoms with Crippen LogP contribution in [0.3, 0.4) is 0 Å². The van der Waals surface area contributed by atoms with Gasteiger partial charge in [-0.15, -0.1) is 0 Å². The minimum absolute atomic E-state index is 0.0688. The minimum atomic E-state index is -0.524. The van der Waals surface area contributed by atoms with Crippen molar-refractivity contribution in [3.8, 4) is 0 Å². The highest BCUT2D eigenvalue weighted by Gasteiger charge is 2.26. The van der Waals surface area contributed by atoms with Crippen molar-refractivity contribution in [2.45, 2.75) is 18.9 Å². The molecule has 25 heavy (non-hydrogen) atoms. The van der Waals surface area contributed by atoms with Crippen LogP contribution < -0.4 is 0 Å². The second-order valence-electron chi connectivity index (χ2n) is 5.76. The van der Waals surface area contributed by atoms with Crippen molar-refractivity contribution in [1.82, 2.24) is 4.90 Å². The molecule has 3 rings (SSSR count). The van der Waals surface area contributed by atoms with Crippen LogP contribution in [0.25, 0.3) is 6.08 Å². The molecule has 0 radical (unpaired) electrons. The fourth-order valence-corrected chi connectivity index (χ4v) is 2.72. The number of furan rings is 1. The molecule has 1 aromatic carbocycles. The van der Waals surface area contributed by atoms with Crippen molar-refractivity contribution in [1.29, 1.82) is 0 Å². The van der Waals surface area contributed by atoms with E-state index < -0.39 is 11.8 Å². The maximum absolute atomic E-state index is 13.7. The lowest BCUT2D eigenvalue weighted by molar-refractivity contribution is -0.144. The number of rotatable bonds is 4. The van der Waals surface area contributed by atoms with Gasteiger partial charge in [-0.1, -0.05) is 12.1 Å². The third-order valence-corrected chi connectivity index (χ3v) is 4.04. The van der Waals surface area contributed by atoms with Crippen LogP contribution in [0.2, 0.25) is 0 Å². The second kappa shape index (κ2) is 7.79. The molecule has 1 aliphatic heterocycles. The van der Waals surface area contributed by atoms with Crippen LogP contribution in [0.15, 0.2) is 53.2 Å². The number of benzene rings is 1. The van der Waals surface area contributed by atoms with Crippen molar-refractivity contribution in [3.63, 3.8) is 0 Å². The molecule has 1 aromatic heterocycles. The number of hydrogen-bond acceptors (Lipinski definition) is 4. The third-order valence-electron chi connectivity index (χ3n) is 4.04. The van der Waals surface area contributed by atoms with E-state index in [1.165, 1.54) is 24.5 Å². The van der Waals surface area contributed by atoms with Gasteiger partial charge in [0.25, 0.3) is 5.91 Å². The molecule has 2 aromatic rings. The summed E-state index contributed by atoms with van der Waals surface area (Å²) in [5.41, 5.74) is 0.0688. The predicted octanol–water partition coefficient (Wildman–Crippen LogP) is 3.28. The Hall–Kier alpha value is -2.89. The van der Waals surface area contributed by atoms with E-state index in [0.717, 1.165) is 0 Å². The Morgan fingerprint density at radius 3 is 2.60 bits per heavy atom. The molecule has 130 valence electrons. The Balaban J connectivity index is 1.49. The van der Waals surface area contributed by atoms with E-state index in [0.29, 0.717) is 31.7 Å². The van der Waals surface area contributed by atoms with E-state index in [1.54, 1.807) is 35.2 Å². The van der Waals surface area contributed by atoms with E-state index in [4.69, 9.17) is 9.15 Å². The van der Waals surface area contributed by atoms with Gasteiger partial charge in [-0.3, -0.25) is 4.79 Å². The van der Waals surface area contributed by atoms with Gasteiger partial charge < -0.3 is 14.1 Å². The minimum Gasteiger partial charge on any atom is -0.465 e. The van der Waals surface area contributed by atoms with Crippen LogP contribution in [-0.2, 0) is 9.53 Å². The molecular weight excluding hydrogens is 325 g/mol. The van der Waals surface area contributed by atoms with Crippen LogP contribution in [0, 0.1) is 5.82 Å². The van der Waals surface area contributed by atoms with Crippen molar-refractivity contribution >= 4 is 18.0 Å². The van der Waals surface area contributed by atoms with Gasteiger partial charge in [0, 0.05) is 32.0 Å². The Kier molecular flexibility index (Phi) is 5.28. The van der Waals surface area contributed by atoms with Crippen molar-refractivity contribution in [2.24, 2.45) is 0 Å². The van der Waals surface area contributed by atoms with E-state index in [9.17, 15) is 14.0 Å². The Labute approximate surface area is 144 Å². The van der Waals surface area contributed by atoms with Gasteiger partial charge in [0.1, 0.15) is 17.7 Å². The van der Waals surface area contributed by atoms with Crippen LogP contribution in [0.4, 0.5) is 4.39 Å². The molecule has 0 unspecified atom stereocenters. The van der Waals surface area contributed by atoms with E-state index >= 15 is 0 Å². The summed E-state index contributed by atoms with van der Waals surface area (Å²) in [6.45, 7) is 0.847. The zero-order chi connectivity index (χ0) is 17.6. The van der Waals surface area contributed by atoms with Gasteiger partial charge >= 0.3 is 5.97 Å². The molecule has 1 amide bonds. The highest BCUT2D eigenvalue weighted by molar-refractivity contribution is 5.94. The van der Waals surface area contributed by atoms with Gasteiger partial charge in [-0.05, 0) is 30.3 Å². The molecule has 1 aliphatic rings. The van der Waals surface area contributed by atoms with E-state index in [1.807, 2.05) is 0 Å². The number of nitrogens with zero attached hydrogens (tertiary/aromatic N) is 1. The molecule has 0 N–H and O–H groups in total. The normalized spacial score (nSPS) is 15.5. The molecule has 0 spiro atoms. The van der Waals surface area contributed by atoms with Crippen molar-refractivity contribution in [3.05, 3.63) is 65.9 Å². The zero-order valence-electron chi connectivity index (χ0n) is 13.6. The van der Waals surface area contributed by atoms with Crippen LogP contribution in [0.5, 0.6) is 0 Å². The van der Waals surface area contributed by atoms with Crippen LogP contribution in [-0.4, -0.2) is 36.0 Å². The average molecular weight is 343 g/mol. The fraction of sp³-hybridized carbons (Fsp3) is 0.263. The van der Waals surface area contributed by atoms with Gasteiger partial charge in [-0.2, -0.15) is 0 Å². The highest BCUT2D eigenvalue weighted by atomic mass is 19.1. The van der Waals surface area contributed by atoms with Gasteiger partial charge in [0.15, 0.2) is 0 Å². The molecule has 1 saturated heterocycles. The first-order valence-electron chi connectivity index (χ1n) is 8.09. The number of halogens is 1. The Morgan fingerprint density at radius 1 is 1.16 bits per heavy atom. The number of carbonyl (C=O) groups excluding carboxylic acids is 2. The summed E-state index contributed by atoms with van der Waals surface area (Å²) in [7, 11) is 0. The van der Waals surface area contributed by atoms with Crippen LogP contribution >= 0.6 is 0 Å². The monoisotopic (exact) mass is 343 g/mol. The quantitative estimate of drug-likeness (QED) is 0.631. The first-order chi connectivity index (χ1) is 12.1. The largest absolute Gasteiger partial charge is 0.465 e. The molecule has 0 atom stereocenters. The summed E-state index contributed by atoms with van der Waals surface area (Å²) in [6, 6.07) is 9.39. The lowest BCUT2D eigenvalue weighted by Crippen LogP contribution is -2.41. The van der Waals surface area contributed by atoms with Crippen molar-refractivity contribution < 1.29 is 23.1 Å². The third kappa shape index (κ3) is 4.35. The first-order valence-corrected chi connectivity index (χ1v) is 8.09. The number of likely N-dealkylation sites (tertiary alicyclic amines) is 1. The lowest BCUT2D eigenvalue weighted by atomic mass is 10.1. The molecule has 0 saturated carbocycles. The zero-order valence-corrected chi connectivity index (χ0v) is 13.6. The lowest BCUT2D eigenvalue weighted by Gasteiger charge is -2.31. The predicted molar refractivity (Wildman–Crippen MR) is 89.2 cm³/mol. The maximum Gasteiger partial charge on any atom is 0.331 e. The highest BCUT2D eigenvalue weighted by Crippen LogP contribution is 2.18. The van der Waals surface area contributed by atoms with E-state index in [2.05, 4.69) is 0 Å². The number of hydrogen-bond donors (Lipinski definition) is 0. The van der Waals surface area contributed by atoms with Crippen molar-refractivity contribution in [2.75, 3.05) is 13.1 Å². The number of carbonyl (C=O) groups is 2. The first kappa shape index (κ1) is 17.0. The molecule has 0 aliphatic carbocycles. The SMILES string of the molecule is O=C(C=Cc1ccco1)OC1CCN(C(=O)c2ccccc2F)CC1. The maximum atomic E-state index is 13.7. The van der Waals surface area contributed by atoms with E-state index in [-0.39, 0.29) is 17.6 Å². The van der Waals surface area contributed by atoms with Gasteiger partial charge in [-0.25, -0.2) is 9.18 Å². The topological polar surface area (TPSA) is 59.8 Å². The summed E-state index contributed by atoms with van der Waals surface area (Å²) in [5.74, 6) is -0.734. The number of esters is 1. The number of ether oxygens (including phenoxy) is 1. The smallest absolute Gasteiger partial charge is 0.331 e. The standard InChI is InChI=1S/C19H18FNO4/c20-17-6-2-1-5-16(17)19(23)21-11-9-15(10-12-21)25-18(22)8-7-14-4-3-13-24-14/h1-8,13,15H,9-12H2. The fourth-order valence-electron chi connectivity index (χ4n) is 2.72. The summed E-state index contributed by atoms with van der Waals surface area (Å²) >= 11 is 0. The van der Waals surface area contributed by atoms with Gasteiger partial charge in [0.2, 0.25) is 0 Å². The molecule has 5 nitrogen and oxygen atoms in total.